The average Bonchev–Trinajstić information content (AvgIpc) is 3.48. The highest BCUT2D eigenvalue weighted by Gasteiger charge is 2.22. The van der Waals surface area contributed by atoms with E-state index in [-0.39, 0.29) is 17.5 Å². The summed E-state index contributed by atoms with van der Waals surface area (Å²) >= 11 is 1.59. The molecule has 0 fully saturated rings. The molecular weight excluding hydrogens is 420 g/mol. The first kappa shape index (κ1) is 20.2. The lowest BCUT2D eigenvalue weighted by atomic mass is 9.98. The first-order valence-electron chi connectivity index (χ1n) is 10.5. The van der Waals surface area contributed by atoms with Crippen molar-refractivity contribution in [1.82, 2.24) is 19.9 Å². The minimum absolute atomic E-state index is 0.248. The van der Waals surface area contributed by atoms with Crippen molar-refractivity contribution in [2.75, 3.05) is 0 Å². The predicted molar refractivity (Wildman–Crippen MR) is 127 cm³/mol. The van der Waals surface area contributed by atoms with Gasteiger partial charge in [0, 0.05) is 4.88 Å². The largest absolute Gasteiger partial charge is 0.340 e. The number of aromatic amines is 1. The van der Waals surface area contributed by atoms with Crippen molar-refractivity contribution in [3.05, 3.63) is 104 Å². The van der Waals surface area contributed by atoms with Gasteiger partial charge in [-0.25, -0.2) is 4.52 Å². The van der Waals surface area contributed by atoms with Crippen LogP contribution in [0.2, 0.25) is 0 Å². The Morgan fingerprint density at radius 3 is 2.50 bits per heavy atom. The number of para-hydroxylation sites is 1. The van der Waals surface area contributed by atoms with Crippen LogP contribution in [0.4, 0.5) is 0 Å². The SMILES string of the molecule is CC(C)c1ccc(C(NC(=O)c2cnn3c2[nH]c(=O)c2ccccc23)c2cccs2)cc1. The Balaban J connectivity index is 1.54. The molecule has 7 heteroatoms. The second kappa shape index (κ2) is 8.09. The summed E-state index contributed by atoms with van der Waals surface area (Å²) < 4.78 is 1.60. The smallest absolute Gasteiger partial charge is 0.259 e. The van der Waals surface area contributed by atoms with E-state index in [4.69, 9.17) is 0 Å². The van der Waals surface area contributed by atoms with E-state index in [0.717, 1.165) is 10.4 Å². The van der Waals surface area contributed by atoms with Crippen LogP contribution in [0.5, 0.6) is 0 Å². The van der Waals surface area contributed by atoms with E-state index in [0.29, 0.717) is 28.0 Å². The van der Waals surface area contributed by atoms with Crippen molar-refractivity contribution < 1.29 is 4.79 Å². The summed E-state index contributed by atoms with van der Waals surface area (Å²) in [6.07, 6.45) is 1.50. The van der Waals surface area contributed by atoms with Gasteiger partial charge >= 0.3 is 0 Å². The molecule has 5 rings (SSSR count). The number of hydrogen-bond donors (Lipinski definition) is 2. The Labute approximate surface area is 188 Å². The van der Waals surface area contributed by atoms with Crippen LogP contribution in [0, 0.1) is 0 Å². The number of benzene rings is 2. The first-order valence-corrected chi connectivity index (χ1v) is 11.3. The zero-order valence-electron chi connectivity index (χ0n) is 17.7. The fraction of sp³-hybridized carbons (Fsp3) is 0.160. The maximum Gasteiger partial charge on any atom is 0.259 e. The van der Waals surface area contributed by atoms with E-state index in [9.17, 15) is 9.59 Å². The van der Waals surface area contributed by atoms with Crippen LogP contribution < -0.4 is 10.9 Å². The maximum atomic E-state index is 13.3. The molecule has 32 heavy (non-hydrogen) atoms. The number of carbonyl (C=O) groups excluding carboxylic acids is 1. The van der Waals surface area contributed by atoms with E-state index in [2.05, 4.69) is 53.5 Å². The van der Waals surface area contributed by atoms with Crippen LogP contribution in [-0.2, 0) is 0 Å². The third kappa shape index (κ3) is 3.50. The van der Waals surface area contributed by atoms with E-state index in [1.807, 2.05) is 29.6 Å². The van der Waals surface area contributed by atoms with Crippen LogP contribution >= 0.6 is 11.3 Å². The Kier molecular flexibility index (Phi) is 5.11. The van der Waals surface area contributed by atoms with Gasteiger partial charge in [-0.05, 0) is 40.6 Å². The van der Waals surface area contributed by atoms with Gasteiger partial charge in [0.1, 0.15) is 11.2 Å². The molecule has 3 heterocycles. The topological polar surface area (TPSA) is 79.3 Å². The maximum absolute atomic E-state index is 13.3. The van der Waals surface area contributed by atoms with Crippen molar-refractivity contribution in [2.45, 2.75) is 25.8 Å². The quantitative estimate of drug-likeness (QED) is 0.407. The highest BCUT2D eigenvalue weighted by Crippen LogP contribution is 2.28. The summed E-state index contributed by atoms with van der Waals surface area (Å²) in [6.45, 7) is 4.31. The molecule has 0 saturated carbocycles. The molecule has 160 valence electrons. The number of amides is 1. The molecule has 0 bridgehead atoms. The molecule has 1 amide bonds. The third-order valence-electron chi connectivity index (χ3n) is 5.66. The van der Waals surface area contributed by atoms with Gasteiger partial charge in [-0.15, -0.1) is 11.3 Å². The second-order valence-electron chi connectivity index (χ2n) is 8.03. The number of nitrogens with one attached hydrogen (secondary N) is 2. The number of H-pyrrole nitrogens is 1. The van der Waals surface area contributed by atoms with Gasteiger partial charge in [-0.1, -0.05) is 56.3 Å². The molecule has 0 spiro atoms. The van der Waals surface area contributed by atoms with E-state index < -0.39 is 0 Å². The zero-order valence-corrected chi connectivity index (χ0v) is 18.5. The lowest BCUT2D eigenvalue weighted by Gasteiger charge is -2.19. The standard InChI is InChI=1S/C25H22N4O2S/c1-15(2)16-9-11-17(12-10-16)22(21-8-5-13-32-21)27-25(31)19-14-26-29-20-7-4-3-6-18(20)24(30)28-23(19)29/h3-15,22H,1-2H3,(H,27,31)(H,28,30). The monoisotopic (exact) mass is 442 g/mol. The van der Waals surface area contributed by atoms with Gasteiger partial charge in [0.25, 0.3) is 11.5 Å². The lowest BCUT2D eigenvalue weighted by molar-refractivity contribution is 0.0945. The minimum Gasteiger partial charge on any atom is -0.340 e. The van der Waals surface area contributed by atoms with E-state index in [1.165, 1.54) is 11.8 Å². The molecule has 2 N–H and O–H groups in total. The highest BCUT2D eigenvalue weighted by atomic mass is 32.1. The summed E-state index contributed by atoms with van der Waals surface area (Å²) in [5, 5.41) is 10.0. The molecule has 2 aromatic carbocycles. The number of rotatable bonds is 5. The minimum atomic E-state index is -0.300. The van der Waals surface area contributed by atoms with Crippen molar-refractivity contribution in [3.8, 4) is 0 Å². The first-order chi connectivity index (χ1) is 15.5. The molecule has 0 aliphatic rings. The number of nitrogens with zero attached hydrogens (tertiary/aromatic N) is 2. The van der Waals surface area contributed by atoms with Gasteiger partial charge in [-0.3, -0.25) is 9.59 Å². The second-order valence-corrected chi connectivity index (χ2v) is 9.01. The fourth-order valence-corrected chi connectivity index (χ4v) is 4.70. The third-order valence-corrected chi connectivity index (χ3v) is 6.60. The molecule has 0 aliphatic heterocycles. The van der Waals surface area contributed by atoms with Gasteiger partial charge in [0.15, 0.2) is 0 Å². The Hall–Kier alpha value is -3.71. The summed E-state index contributed by atoms with van der Waals surface area (Å²) in [5.74, 6) is 0.140. The average molecular weight is 443 g/mol. The van der Waals surface area contributed by atoms with Gasteiger partial charge in [-0.2, -0.15) is 5.10 Å². The number of fused-ring (bicyclic) bond motifs is 3. The van der Waals surface area contributed by atoms with Crippen LogP contribution in [-0.4, -0.2) is 20.5 Å². The van der Waals surface area contributed by atoms with Gasteiger partial charge in [0.05, 0.1) is 23.1 Å². The number of carbonyl (C=O) groups is 1. The molecule has 6 nitrogen and oxygen atoms in total. The number of thiophene rings is 1. The summed E-state index contributed by atoms with van der Waals surface area (Å²) in [7, 11) is 0. The van der Waals surface area contributed by atoms with Crippen molar-refractivity contribution >= 4 is 33.8 Å². The van der Waals surface area contributed by atoms with E-state index >= 15 is 0 Å². The number of hydrogen-bond acceptors (Lipinski definition) is 4. The molecular formula is C25H22N4O2S. The van der Waals surface area contributed by atoms with Crippen LogP contribution in [0.3, 0.4) is 0 Å². The van der Waals surface area contributed by atoms with Crippen molar-refractivity contribution in [1.29, 1.82) is 0 Å². The predicted octanol–water partition coefficient (Wildman–Crippen LogP) is 4.88. The normalized spacial score (nSPS) is 12.5. The fourth-order valence-electron chi connectivity index (χ4n) is 3.90. The molecule has 5 aromatic rings. The zero-order chi connectivity index (χ0) is 22.2. The van der Waals surface area contributed by atoms with Crippen molar-refractivity contribution in [3.63, 3.8) is 0 Å². The van der Waals surface area contributed by atoms with Crippen LogP contribution in [0.15, 0.2) is 77.0 Å². The molecule has 1 atom stereocenters. The number of aromatic nitrogens is 3. The summed E-state index contributed by atoms with van der Waals surface area (Å²) in [4.78, 5) is 29.7. The van der Waals surface area contributed by atoms with Crippen LogP contribution in [0.1, 0.15) is 52.2 Å². The molecule has 0 radical (unpaired) electrons. The van der Waals surface area contributed by atoms with Crippen LogP contribution in [0.25, 0.3) is 16.6 Å². The van der Waals surface area contributed by atoms with Gasteiger partial charge < -0.3 is 10.3 Å². The molecule has 0 saturated heterocycles. The lowest BCUT2D eigenvalue weighted by Crippen LogP contribution is -2.29. The summed E-state index contributed by atoms with van der Waals surface area (Å²) in [5.41, 5.74) is 3.36. The summed E-state index contributed by atoms with van der Waals surface area (Å²) in [6, 6.07) is 19.2. The molecule has 3 aromatic heterocycles. The van der Waals surface area contributed by atoms with E-state index in [1.54, 1.807) is 28.0 Å². The molecule has 1 unspecified atom stereocenters. The Morgan fingerprint density at radius 1 is 1.03 bits per heavy atom. The van der Waals surface area contributed by atoms with Crippen molar-refractivity contribution in [2.24, 2.45) is 0 Å². The van der Waals surface area contributed by atoms with Gasteiger partial charge in [0.2, 0.25) is 0 Å². The Bertz CT molecular complexity index is 1460. The highest BCUT2D eigenvalue weighted by molar-refractivity contribution is 7.10. The Morgan fingerprint density at radius 2 is 1.78 bits per heavy atom. The molecule has 0 aliphatic carbocycles.